The summed E-state index contributed by atoms with van der Waals surface area (Å²) < 4.78 is 41.0. The second kappa shape index (κ2) is 16.6. The lowest BCUT2D eigenvalue weighted by Gasteiger charge is -2.43. The van der Waals surface area contributed by atoms with Gasteiger partial charge in [0.25, 0.3) is 0 Å². The van der Waals surface area contributed by atoms with Gasteiger partial charge in [-0.3, -0.25) is 0 Å². The molecule has 46 heavy (non-hydrogen) atoms. The molecule has 3 aromatic rings. The highest BCUT2D eigenvalue weighted by molar-refractivity contribution is 7.99. The number of rotatable bonds is 12. The quantitative estimate of drug-likeness (QED) is 0.0554. The first kappa shape index (κ1) is 35.0. The van der Waals surface area contributed by atoms with Crippen LogP contribution in [0, 0.1) is 0 Å². The minimum atomic E-state index is -1.68. The molecule has 11 heteroatoms. The summed E-state index contributed by atoms with van der Waals surface area (Å²) in [6.07, 6.45) is -1.37. The van der Waals surface area contributed by atoms with Crippen LogP contribution < -0.4 is 0 Å². The molecule has 1 aliphatic rings. The molecular weight excluding hydrogens is 627 g/mol. The molecule has 4 rings (SSSR count). The Morgan fingerprint density at radius 1 is 0.804 bits per heavy atom. The van der Waals surface area contributed by atoms with Gasteiger partial charge >= 0.3 is 17.9 Å². The number of carbonyl (C=O) groups excluding carboxylic acids is 3. The number of allylic oxidation sites excluding steroid dienone is 1. The Morgan fingerprint density at radius 2 is 1.24 bits per heavy atom. The SMILES string of the molecule is C=CCCS[C@H]1O[C@H](C=N[S+]([O-])C(C)(C)C)[C@H](OC(=O)c2ccccc2)[C@H](OC(=O)c2ccccc2)[C@H]1OC(=O)c1ccccc1. The third kappa shape index (κ3) is 9.56. The number of benzene rings is 3. The largest absolute Gasteiger partial charge is 0.591 e. The summed E-state index contributed by atoms with van der Waals surface area (Å²) in [5.74, 6) is -1.61. The summed E-state index contributed by atoms with van der Waals surface area (Å²) in [6.45, 7) is 9.09. The van der Waals surface area contributed by atoms with Crippen molar-refractivity contribution in [3.8, 4) is 0 Å². The summed E-state index contributed by atoms with van der Waals surface area (Å²) in [5.41, 5.74) is -0.143. The molecule has 0 radical (unpaired) electrons. The third-order valence-electron chi connectivity index (χ3n) is 6.72. The minimum absolute atomic E-state index is 0.241. The van der Waals surface area contributed by atoms with E-state index < -0.39 is 63.9 Å². The van der Waals surface area contributed by atoms with E-state index in [-0.39, 0.29) is 16.7 Å². The molecule has 1 saturated heterocycles. The second-order valence-corrected chi connectivity index (χ2v) is 14.4. The smallest absolute Gasteiger partial charge is 0.338 e. The highest BCUT2D eigenvalue weighted by Crippen LogP contribution is 2.35. The number of nitrogens with zero attached hydrogens (tertiary/aromatic N) is 1. The predicted octanol–water partition coefficient (Wildman–Crippen LogP) is 6.23. The third-order valence-corrected chi connectivity index (χ3v) is 9.26. The molecule has 242 valence electrons. The van der Waals surface area contributed by atoms with Crippen LogP contribution in [-0.4, -0.2) is 69.0 Å². The summed E-state index contributed by atoms with van der Waals surface area (Å²) in [4.78, 5) is 40.4. The maximum atomic E-state index is 13.5. The van der Waals surface area contributed by atoms with Gasteiger partial charge in [0.05, 0.1) is 22.9 Å². The molecule has 9 nitrogen and oxygen atoms in total. The second-order valence-electron chi connectivity index (χ2n) is 11.2. The zero-order valence-electron chi connectivity index (χ0n) is 25.9. The van der Waals surface area contributed by atoms with Gasteiger partial charge in [-0.2, -0.15) is 0 Å². The summed E-state index contributed by atoms with van der Waals surface area (Å²) in [7, 11) is 0. The number of esters is 3. The normalized spacial score (nSPS) is 22.0. The van der Waals surface area contributed by atoms with Gasteiger partial charge in [0.2, 0.25) is 0 Å². The van der Waals surface area contributed by atoms with Crippen LogP contribution in [0.4, 0.5) is 0 Å². The van der Waals surface area contributed by atoms with E-state index in [9.17, 15) is 18.9 Å². The molecule has 0 amide bonds. The monoisotopic (exact) mass is 663 g/mol. The van der Waals surface area contributed by atoms with E-state index in [0.717, 1.165) is 0 Å². The van der Waals surface area contributed by atoms with E-state index in [1.54, 1.807) is 118 Å². The lowest BCUT2D eigenvalue weighted by molar-refractivity contribution is -0.181. The van der Waals surface area contributed by atoms with Crippen molar-refractivity contribution in [3.05, 3.63) is 120 Å². The zero-order chi connectivity index (χ0) is 33.1. The fourth-order valence-corrected chi connectivity index (χ4v) is 6.01. The first-order valence-electron chi connectivity index (χ1n) is 14.7. The molecule has 0 aromatic heterocycles. The van der Waals surface area contributed by atoms with Crippen LogP contribution in [0.1, 0.15) is 58.3 Å². The Kier molecular flexibility index (Phi) is 12.6. The molecule has 0 N–H and O–H groups in total. The van der Waals surface area contributed by atoms with Gasteiger partial charge in [-0.1, -0.05) is 65.1 Å². The molecule has 1 aliphatic heterocycles. The Balaban J connectivity index is 1.80. The van der Waals surface area contributed by atoms with Crippen LogP contribution in [0.5, 0.6) is 0 Å². The van der Waals surface area contributed by atoms with Crippen LogP contribution in [0.15, 0.2) is 108 Å². The number of ether oxygens (including phenoxy) is 4. The first-order chi connectivity index (χ1) is 22.1. The van der Waals surface area contributed by atoms with E-state index in [0.29, 0.717) is 12.2 Å². The van der Waals surface area contributed by atoms with Gasteiger partial charge in [0, 0.05) is 0 Å². The Hall–Kier alpha value is -3.90. The average Bonchev–Trinajstić information content (AvgIpc) is 3.06. The first-order valence-corrected chi connectivity index (χ1v) is 16.9. The van der Waals surface area contributed by atoms with Crippen LogP contribution in [0.25, 0.3) is 0 Å². The fraction of sp³-hybridized carbons (Fsp3) is 0.314. The van der Waals surface area contributed by atoms with Gasteiger partial charge in [0.15, 0.2) is 18.3 Å². The molecular formula is C35H37NO8S2. The van der Waals surface area contributed by atoms with Gasteiger partial charge in [-0.25, -0.2) is 14.4 Å². The minimum Gasteiger partial charge on any atom is -0.591 e. The van der Waals surface area contributed by atoms with Crippen molar-refractivity contribution in [2.75, 3.05) is 5.75 Å². The van der Waals surface area contributed by atoms with Crippen LogP contribution in [-0.2, 0) is 30.3 Å². The maximum Gasteiger partial charge on any atom is 0.338 e. The predicted molar refractivity (Wildman–Crippen MR) is 179 cm³/mol. The molecule has 0 bridgehead atoms. The highest BCUT2D eigenvalue weighted by Gasteiger charge is 2.52. The van der Waals surface area contributed by atoms with E-state index in [4.69, 9.17) is 18.9 Å². The summed E-state index contributed by atoms with van der Waals surface area (Å²) in [5, 5.41) is 0. The van der Waals surface area contributed by atoms with Gasteiger partial charge in [-0.15, -0.1) is 18.3 Å². The van der Waals surface area contributed by atoms with Gasteiger partial charge < -0.3 is 23.5 Å². The maximum absolute atomic E-state index is 13.5. The number of hydrogen-bond acceptors (Lipinski definition) is 10. The molecule has 0 aliphatic carbocycles. The highest BCUT2D eigenvalue weighted by atomic mass is 32.2. The van der Waals surface area contributed by atoms with Crippen molar-refractivity contribution >= 4 is 47.2 Å². The van der Waals surface area contributed by atoms with Crippen LogP contribution in [0.3, 0.4) is 0 Å². The summed E-state index contributed by atoms with van der Waals surface area (Å²) in [6, 6.07) is 24.9. The lowest BCUT2D eigenvalue weighted by atomic mass is 9.99. The standard InChI is InChI=1S/C35H37NO8S2/c1-5-6-22-45-34-30(44-33(39)26-20-14-9-15-21-26)29(43-32(38)25-18-12-8-13-19-25)28(42-31(37)24-16-10-7-11-17-24)27(41-34)23-36-46(40)35(2,3)4/h5,7-21,23,27-30,34H,1,6,22H2,2-4H3/t27-,28+,29+,30-,34-,46?/m1/s1. The lowest BCUT2D eigenvalue weighted by Crippen LogP contribution is -2.61. The van der Waals surface area contributed by atoms with Crippen molar-refractivity contribution in [3.63, 3.8) is 0 Å². The molecule has 0 spiro atoms. The van der Waals surface area contributed by atoms with E-state index in [2.05, 4.69) is 11.0 Å². The Bertz CT molecular complexity index is 1480. The van der Waals surface area contributed by atoms with Gasteiger partial charge in [-0.05, 0) is 69.3 Å². The van der Waals surface area contributed by atoms with Crippen LogP contribution in [0.2, 0.25) is 0 Å². The number of hydrogen-bond donors (Lipinski definition) is 0. The van der Waals surface area contributed by atoms with Crippen molar-refractivity contribution in [2.24, 2.45) is 4.40 Å². The summed E-state index contributed by atoms with van der Waals surface area (Å²) >= 11 is -0.365. The Morgan fingerprint density at radius 3 is 1.67 bits per heavy atom. The van der Waals surface area contributed by atoms with E-state index in [1.807, 2.05) is 0 Å². The van der Waals surface area contributed by atoms with E-state index >= 15 is 0 Å². The molecule has 1 fully saturated rings. The van der Waals surface area contributed by atoms with Crippen molar-refractivity contribution < 1.29 is 37.9 Å². The van der Waals surface area contributed by atoms with Crippen molar-refractivity contribution in [1.82, 2.24) is 0 Å². The zero-order valence-corrected chi connectivity index (χ0v) is 27.5. The molecule has 1 unspecified atom stereocenters. The number of thioether (sulfide) groups is 1. The molecule has 6 atom stereocenters. The van der Waals surface area contributed by atoms with Crippen LogP contribution >= 0.6 is 11.8 Å². The number of carbonyl (C=O) groups is 3. The molecule has 1 heterocycles. The van der Waals surface area contributed by atoms with Crippen molar-refractivity contribution in [2.45, 2.75) is 61.8 Å². The topological polar surface area (TPSA) is 124 Å². The molecule has 3 aromatic carbocycles. The average molecular weight is 664 g/mol. The molecule has 0 saturated carbocycles. The Labute approximate surface area is 276 Å². The fourth-order valence-electron chi connectivity index (χ4n) is 4.32. The van der Waals surface area contributed by atoms with Crippen molar-refractivity contribution in [1.29, 1.82) is 0 Å². The van der Waals surface area contributed by atoms with E-state index in [1.165, 1.54) is 18.0 Å². The van der Waals surface area contributed by atoms with Gasteiger partial charge in [0.1, 0.15) is 27.6 Å².